The van der Waals surface area contributed by atoms with E-state index in [1.54, 1.807) is 55.6 Å². The summed E-state index contributed by atoms with van der Waals surface area (Å²) in [7, 11) is 1.58. The summed E-state index contributed by atoms with van der Waals surface area (Å²) in [6.07, 6.45) is 3.28. The van der Waals surface area contributed by atoms with E-state index < -0.39 is 0 Å². The second-order valence-corrected chi connectivity index (χ2v) is 6.73. The number of carbonyl (C=O) groups excluding carboxylic acids is 2. The van der Waals surface area contributed by atoms with Gasteiger partial charge >= 0.3 is 0 Å². The van der Waals surface area contributed by atoms with E-state index in [1.807, 2.05) is 24.3 Å². The van der Waals surface area contributed by atoms with Crippen molar-refractivity contribution in [2.45, 2.75) is 26.2 Å². The van der Waals surface area contributed by atoms with Crippen LogP contribution in [0.3, 0.4) is 0 Å². The lowest BCUT2D eigenvalue weighted by atomic mass is 9.93. The molecule has 0 saturated heterocycles. The zero-order valence-electron chi connectivity index (χ0n) is 16.3. The van der Waals surface area contributed by atoms with Crippen molar-refractivity contribution in [1.82, 2.24) is 0 Å². The van der Waals surface area contributed by atoms with Crippen LogP contribution in [0.2, 0.25) is 0 Å². The summed E-state index contributed by atoms with van der Waals surface area (Å²) in [6, 6.07) is 21.6. The molecule has 0 aliphatic carbocycles. The molecule has 0 amide bonds. The number of ether oxygens (including phenoxy) is 1. The molecule has 0 unspecified atom stereocenters. The van der Waals surface area contributed by atoms with E-state index in [-0.39, 0.29) is 11.6 Å². The van der Waals surface area contributed by atoms with E-state index in [0.717, 1.165) is 19.3 Å². The molecule has 0 spiro atoms. The molecule has 0 bridgehead atoms. The van der Waals surface area contributed by atoms with Crippen LogP contribution >= 0.6 is 0 Å². The van der Waals surface area contributed by atoms with Gasteiger partial charge in [-0.2, -0.15) is 0 Å². The first-order valence-electron chi connectivity index (χ1n) is 9.55. The van der Waals surface area contributed by atoms with Gasteiger partial charge in [0.05, 0.1) is 7.11 Å². The average molecular weight is 372 g/mol. The molecule has 3 aromatic rings. The third-order valence-electron chi connectivity index (χ3n) is 4.80. The molecule has 28 heavy (non-hydrogen) atoms. The van der Waals surface area contributed by atoms with Gasteiger partial charge in [0.2, 0.25) is 0 Å². The van der Waals surface area contributed by atoms with Crippen LogP contribution in [-0.2, 0) is 6.42 Å². The van der Waals surface area contributed by atoms with Crippen molar-refractivity contribution < 1.29 is 14.3 Å². The maximum Gasteiger partial charge on any atom is 0.193 e. The molecular formula is C25H24O3. The van der Waals surface area contributed by atoms with Gasteiger partial charge in [-0.3, -0.25) is 9.59 Å². The number of ketones is 2. The van der Waals surface area contributed by atoms with Crippen molar-refractivity contribution in [1.29, 1.82) is 0 Å². The van der Waals surface area contributed by atoms with Crippen molar-refractivity contribution >= 4 is 11.6 Å². The van der Waals surface area contributed by atoms with Gasteiger partial charge in [0.1, 0.15) is 5.75 Å². The number of rotatable bonds is 8. The SMILES string of the molecule is CCCCc1ccc(C(=O)c2ccccc2C(=O)c2ccc(OC)cc2)cc1. The fourth-order valence-electron chi connectivity index (χ4n) is 3.14. The summed E-state index contributed by atoms with van der Waals surface area (Å²) in [6.45, 7) is 2.16. The largest absolute Gasteiger partial charge is 0.497 e. The number of unbranched alkanes of at least 4 members (excludes halogenated alkanes) is 1. The summed E-state index contributed by atoms with van der Waals surface area (Å²) < 4.78 is 5.14. The summed E-state index contributed by atoms with van der Waals surface area (Å²) in [5, 5.41) is 0. The second-order valence-electron chi connectivity index (χ2n) is 6.73. The fraction of sp³-hybridized carbons (Fsp3) is 0.200. The van der Waals surface area contributed by atoms with Crippen molar-refractivity contribution in [3.8, 4) is 5.75 Å². The summed E-state index contributed by atoms with van der Waals surface area (Å²) in [5.41, 5.74) is 3.17. The van der Waals surface area contributed by atoms with Gasteiger partial charge in [-0.15, -0.1) is 0 Å². The lowest BCUT2D eigenvalue weighted by Gasteiger charge is -2.09. The maximum absolute atomic E-state index is 13.1. The van der Waals surface area contributed by atoms with Crippen LogP contribution in [0.4, 0.5) is 0 Å². The van der Waals surface area contributed by atoms with E-state index in [0.29, 0.717) is 28.0 Å². The van der Waals surface area contributed by atoms with Crippen LogP contribution < -0.4 is 4.74 Å². The maximum atomic E-state index is 13.1. The van der Waals surface area contributed by atoms with Crippen LogP contribution in [0.5, 0.6) is 5.75 Å². The Morgan fingerprint density at radius 2 is 1.25 bits per heavy atom. The number of benzene rings is 3. The van der Waals surface area contributed by atoms with E-state index in [9.17, 15) is 9.59 Å². The quantitative estimate of drug-likeness (QED) is 0.490. The van der Waals surface area contributed by atoms with Crippen LogP contribution in [0.25, 0.3) is 0 Å². The molecule has 142 valence electrons. The van der Waals surface area contributed by atoms with Gasteiger partial charge in [0.25, 0.3) is 0 Å². The van der Waals surface area contributed by atoms with Gasteiger partial charge in [0, 0.05) is 22.3 Å². The summed E-state index contributed by atoms with van der Waals surface area (Å²) in [5.74, 6) is 0.370. The minimum Gasteiger partial charge on any atom is -0.497 e. The predicted octanol–water partition coefficient (Wildman–Crippen LogP) is 5.50. The van der Waals surface area contributed by atoms with Gasteiger partial charge in [-0.25, -0.2) is 0 Å². The Kier molecular flexibility index (Phi) is 6.38. The smallest absolute Gasteiger partial charge is 0.193 e. The Balaban J connectivity index is 1.88. The number of methoxy groups -OCH3 is 1. The minimum absolute atomic E-state index is 0.139. The van der Waals surface area contributed by atoms with Crippen molar-refractivity contribution in [2.24, 2.45) is 0 Å². The van der Waals surface area contributed by atoms with Crippen LogP contribution in [0, 0.1) is 0 Å². The van der Waals surface area contributed by atoms with Crippen LogP contribution in [0.1, 0.15) is 57.2 Å². The Morgan fingerprint density at radius 1 is 0.750 bits per heavy atom. The lowest BCUT2D eigenvalue weighted by molar-refractivity contribution is 0.100. The third kappa shape index (κ3) is 4.37. The third-order valence-corrected chi connectivity index (χ3v) is 4.80. The van der Waals surface area contributed by atoms with Crippen molar-refractivity contribution in [3.63, 3.8) is 0 Å². The Morgan fingerprint density at radius 3 is 1.71 bits per heavy atom. The molecule has 0 fully saturated rings. The molecule has 3 nitrogen and oxygen atoms in total. The zero-order valence-corrected chi connectivity index (χ0v) is 16.3. The highest BCUT2D eigenvalue weighted by atomic mass is 16.5. The highest BCUT2D eigenvalue weighted by Crippen LogP contribution is 2.20. The topological polar surface area (TPSA) is 43.4 Å². The van der Waals surface area contributed by atoms with Crippen molar-refractivity contribution in [3.05, 3.63) is 101 Å². The monoisotopic (exact) mass is 372 g/mol. The molecule has 0 aliphatic rings. The molecule has 0 radical (unpaired) electrons. The van der Waals surface area contributed by atoms with Gasteiger partial charge in [-0.05, 0) is 42.7 Å². The van der Waals surface area contributed by atoms with E-state index in [4.69, 9.17) is 4.74 Å². The first-order valence-corrected chi connectivity index (χ1v) is 9.55. The Hall–Kier alpha value is -3.20. The Bertz CT molecular complexity index is 954. The lowest BCUT2D eigenvalue weighted by Crippen LogP contribution is -2.11. The molecule has 0 saturated carbocycles. The van der Waals surface area contributed by atoms with Gasteiger partial charge < -0.3 is 4.74 Å². The fourth-order valence-corrected chi connectivity index (χ4v) is 3.14. The molecule has 0 N–H and O–H groups in total. The summed E-state index contributed by atoms with van der Waals surface area (Å²) >= 11 is 0. The number of hydrogen-bond donors (Lipinski definition) is 0. The van der Waals surface area contributed by atoms with E-state index >= 15 is 0 Å². The molecule has 0 aromatic heterocycles. The first kappa shape index (κ1) is 19.6. The first-order chi connectivity index (χ1) is 13.6. The van der Waals surface area contributed by atoms with E-state index in [1.165, 1.54) is 5.56 Å². The molecule has 3 rings (SSSR count). The number of aryl methyl sites for hydroxylation is 1. The molecule has 0 atom stereocenters. The summed E-state index contributed by atoms with van der Waals surface area (Å²) in [4.78, 5) is 26.0. The second kappa shape index (κ2) is 9.14. The van der Waals surface area contributed by atoms with Crippen LogP contribution in [-0.4, -0.2) is 18.7 Å². The molecule has 3 heteroatoms. The molecule has 0 aliphatic heterocycles. The zero-order chi connectivity index (χ0) is 19.9. The van der Waals surface area contributed by atoms with E-state index in [2.05, 4.69) is 6.92 Å². The minimum atomic E-state index is -0.175. The predicted molar refractivity (Wildman–Crippen MR) is 111 cm³/mol. The average Bonchev–Trinajstić information content (AvgIpc) is 2.77. The highest BCUT2D eigenvalue weighted by Gasteiger charge is 2.19. The normalized spacial score (nSPS) is 10.5. The molecule has 3 aromatic carbocycles. The van der Waals surface area contributed by atoms with Crippen molar-refractivity contribution in [2.75, 3.05) is 7.11 Å². The number of carbonyl (C=O) groups is 2. The number of hydrogen-bond acceptors (Lipinski definition) is 3. The Labute approximate surface area is 166 Å². The standard InChI is InChI=1S/C25H24O3/c1-3-4-7-18-10-12-19(13-11-18)24(26)22-8-5-6-9-23(22)25(27)20-14-16-21(28-2)17-15-20/h5-6,8-17H,3-4,7H2,1-2H3. The van der Waals surface area contributed by atoms with Crippen LogP contribution in [0.15, 0.2) is 72.8 Å². The highest BCUT2D eigenvalue weighted by molar-refractivity contribution is 6.19. The van der Waals surface area contributed by atoms with Gasteiger partial charge in [0.15, 0.2) is 11.6 Å². The molecule has 0 heterocycles. The van der Waals surface area contributed by atoms with Gasteiger partial charge in [-0.1, -0.05) is 61.9 Å². The molecular weight excluding hydrogens is 348 g/mol.